The predicted molar refractivity (Wildman–Crippen MR) is 110 cm³/mol. The molecule has 1 aromatic carbocycles. The Morgan fingerprint density at radius 2 is 2.10 bits per heavy atom. The summed E-state index contributed by atoms with van der Waals surface area (Å²) in [6.07, 6.45) is 3.10. The Kier molecular flexibility index (Phi) is 4.34. The van der Waals surface area contributed by atoms with Gasteiger partial charge in [0.05, 0.1) is 16.7 Å². The van der Waals surface area contributed by atoms with Crippen molar-refractivity contribution in [3.8, 4) is 0 Å². The van der Waals surface area contributed by atoms with E-state index in [9.17, 15) is 13.2 Å². The lowest BCUT2D eigenvalue weighted by atomic mass is 9.80. The zero-order valence-electron chi connectivity index (χ0n) is 17.5. The topological polar surface area (TPSA) is 96.6 Å². The van der Waals surface area contributed by atoms with Crippen LogP contribution in [0.3, 0.4) is 0 Å². The lowest BCUT2D eigenvalue weighted by Crippen LogP contribution is -2.35. The molecular formula is C21H26N4O4S. The van der Waals surface area contributed by atoms with E-state index in [1.165, 1.54) is 0 Å². The number of rotatable bonds is 4. The summed E-state index contributed by atoms with van der Waals surface area (Å²) in [5.74, 6) is 1.54. The zero-order valence-corrected chi connectivity index (χ0v) is 18.3. The molecule has 160 valence electrons. The number of benzene rings is 1. The fourth-order valence-electron chi connectivity index (χ4n) is 5.22. The summed E-state index contributed by atoms with van der Waals surface area (Å²) in [7, 11) is -1.96. The fraction of sp³-hybridized carbons (Fsp3) is 0.571. The van der Waals surface area contributed by atoms with Gasteiger partial charge in [0.1, 0.15) is 0 Å². The molecule has 2 unspecified atom stereocenters. The van der Waals surface area contributed by atoms with Crippen LogP contribution in [0.25, 0.3) is 0 Å². The van der Waals surface area contributed by atoms with Crippen LogP contribution >= 0.6 is 0 Å². The Bertz CT molecular complexity index is 1130. The molecule has 5 rings (SSSR count). The molecule has 2 aliphatic heterocycles. The van der Waals surface area contributed by atoms with E-state index in [-0.39, 0.29) is 34.5 Å². The molecule has 0 radical (unpaired) electrons. The van der Waals surface area contributed by atoms with Gasteiger partial charge in [-0.2, -0.15) is 9.29 Å². The summed E-state index contributed by atoms with van der Waals surface area (Å²) in [4.78, 5) is 18.4. The Morgan fingerprint density at radius 3 is 2.83 bits per heavy atom. The van der Waals surface area contributed by atoms with Crippen molar-refractivity contribution in [1.29, 1.82) is 0 Å². The highest BCUT2D eigenvalue weighted by Crippen LogP contribution is 2.50. The first-order valence-corrected chi connectivity index (χ1v) is 11.9. The standard InChI is InChI=1S/C21H26N4O4S/c1-13(2)19-22-20(23-29-19)21-8-4-5-15(21)11-25(12-21)30(27,28)16-6-7-17-14(9-16)10-18(26)24(17)3/h6-7,9,13,15H,4-5,8,10-12H2,1-3H3. The first-order valence-electron chi connectivity index (χ1n) is 10.5. The molecule has 9 heteroatoms. The minimum Gasteiger partial charge on any atom is -0.339 e. The van der Waals surface area contributed by atoms with Crippen molar-refractivity contribution in [3.05, 3.63) is 35.5 Å². The van der Waals surface area contributed by atoms with Crippen LogP contribution < -0.4 is 4.90 Å². The summed E-state index contributed by atoms with van der Waals surface area (Å²) in [5.41, 5.74) is 1.16. The second kappa shape index (κ2) is 6.62. The summed E-state index contributed by atoms with van der Waals surface area (Å²) in [5, 5.41) is 4.26. The smallest absolute Gasteiger partial charge is 0.243 e. The summed E-state index contributed by atoms with van der Waals surface area (Å²) in [6, 6.07) is 4.99. The Morgan fingerprint density at radius 1 is 1.30 bits per heavy atom. The molecule has 3 aliphatic rings. The summed E-state index contributed by atoms with van der Waals surface area (Å²) >= 11 is 0. The van der Waals surface area contributed by atoms with E-state index in [4.69, 9.17) is 4.52 Å². The van der Waals surface area contributed by atoms with Gasteiger partial charge in [0.15, 0.2) is 5.82 Å². The number of aromatic nitrogens is 2. The van der Waals surface area contributed by atoms with Gasteiger partial charge >= 0.3 is 0 Å². The number of anilines is 1. The molecule has 0 bridgehead atoms. The van der Waals surface area contributed by atoms with Gasteiger partial charge in [0.25, 0.3) is 0 Å². The second-order valence-corrected chi connectivity index (χ2v) is 11.0. The van der Waals surface area contributed by atoms with Crippen LogP contribution in [0.4, 0.5) is 5.69 Å². The average molecular weight is 431 g/mol. The molecule has 2 fully saturated rings. The highest BCUT2D eigenvalue weighted by molar-refractivity contribution is 7.89. The zero-order chi connectivity index (χ0) is 21.3. The number of hydrogen-bond acceptors (Lipinski definition) is 6. The van der Waals surface area contributed by atoms with Crippen LogP contribution in [0.15, 0.2) is 27.6 Å². The van der Waals surface area contributed by atoms with Crippen molar-refractivity contribution in [2.24, 2.45) is 5.92 Å². The minimum atomic E-state index is -3.68. The van der Waals surface area contributed by atoms with Crippen LogP contribution in [0.5, 0.6) is 0 Å². The van der Waals surface area contributed by atoms with Gasteiger partial charge in [0.2, 0.25) is 21.8 Å². The second-order valence-electron chi connectivity index (χ2n) is 9.07. The Hall–Kier alpha value is -2.26. The molecule has 1 saturated carbocycles. The Balaban J connectivity index is 1.47. The first-order chi connectivity index (χ1) is 14.2. The Labute approximate surface area is 176 Å². The number of sulfonamides is 1. The lowest BCUT2D eigenvalue weighted by Gasteiger charge is -2.25. The maximum Gasteiger partial charge on any atom is 0.243 e. The number of likely N-dealkylation sites (N-methyl/N-ethyl adjacent to an activating group) is 1. The van der Waals surface area contributed by atoms with Crippen molar-refractivity contribution >= 4 is 21.6 Å². The van der Waals surface area contributed by atoms with E-state index in [0.29, 0.717) is 24.8 Å². The average Bonchev–Trinajstić information content (AvgIpc) is 3.44. The largest absolute Gasteiger partial charge is 0.339 e. The van der Waals surface area contributed by atoms with E-state index in [1.54, 1.807) is 34.5 Å². The number of carbonyl (C=O) groups excluding carboxylic acids is 1. The van der Waals surface area contributed by atoms with Crippen molar-refractivity contribution in [3.63, 3.8) is 0 Å². The van der Waals surface area contributed by atoms with Gasteiger partial charge in [-0.1, -0.05) is 25.4 Å². The fourth-order valence-corrected chi connectivity index (χ4v) is 6.83. The molecule has 0 spiro atoms. The molecule has 1 aromatic heterocycles. The molecule has 2 atom stereocenters. The number of nitrogens with zero attached hydrogens (tertiary/aromatic N) is 4. The first kappa shape index (κ1) is 19.7. The van der Waals surface area contributed by atoms with E-state index in [1.807, 2.05) is 13.8 Å². The molecule has 1 amide bonds. The summed E-state index contributed by atoms with van der Waals surface area (Å²) in [6.45, 7) is 4.84. The quantitative estimate of drug-likeness (QED) is 0.739. The molecule has 8 nitrogen and oxygen atoms in total. The number of amides is 1. The molecule has 1 aliphatic carbocycles. The van der Waals surface area contributed by atoms with Gasteiger partial charge in [-0.05, 0) is 42.5 Å². The van der Waals surface area contributed by atoms with Crippen LogP contribution in [0.1, 0.15) is 56.3 Å². The van der Waals surface area contributed by atoms with Crippen LogP contribution in [0.2, 0.25) is 0 Å². The van der Waals surface area contributed by atoms with E-state index in [2.05, 4.69) is 10.1 Å². The van der Waals surface area contributed by atoms with Crippen LogP contribution in [-0.4, -0.2) is 48.9 Å². The van der Waals surface area contributed by atoms with Gasteiger partial charge < -0.3 is 9.42 Å². The SMILES string of the molecule is CC(C)c1nc(C23CCCC2CN(S(=O)(=O)c2ccc4c(c2)CC(=O)N4C)C3)no1. The summed E-state index contributed by atoms with van der Waals surface area (Å²) < 4.78 is 34.0. The number of carbonyl (C=O) groups is 1. The van der Waals surface area contributed by atoms with E-state index >= 15 is 0 Å². The van der Waals surface area contributed by atoms with Crippen molar-refractivity contribution in [1.82, 2.24) is 14.4 Å². The molecule has 3 heterocycles. The van der Waals surface area contributed by atoms with Gasteiger partial charge in [-0.3, -0.25) is 4.79 Å². The molecule has 2 aromatic rings. The molecule has 0 N–H and O–H groups in total. The third-order valence-corrected chi connectivity index (χ3v) is 8.79. The highest BCUT2D eigenvalue weighted by Gasteiger charge is 2.56. The normalized spacial score (nSPS) is 26.6. The van der Waals surface area contributed by atoms with Gasteiger partial charge in [0, 0.05) is 31.7 Å². The van der Waals surface area contributed by atoms with Gasteiger partial charge in [-0.15, -0.1) is 0 Å². The van der Waals surface area contributed by atoms with Crippen molar-refractivity contribution in [2.45, 2.75) is 55.8 Å². The number of hydrogen-bond donors (Lipinski definition) is 0. The maximum atomic E-state index is 13.5. The van der Waals surface area contributed by atoms with Crippen LogP contribution in [-0.2, 0) is 26.7 Å². The van der Waals surface area contributed by atoms with E-state index in [0.717, 1.165) is 30.5 Å². The van der Waals surface area contributed by atoms with Crippen molar-refractivity contribution < 1.29 is 17.7 Å². The highest BCUT2D eigenvalue weighted by atomic mass is 32.2. The molecule has 30 heavy (non-hydrogen) atoms. The maximum absolute atomic E-state index is 13.5. The molecular weight excluding hydrogens is 404 g/mol. The third kappa shape index (κ3) is 2.75. The lowest BCUT2D eigenvalue weighted by molar-refractivity contribution is -0.117. The monoisotopic (exact) mass is 430 g/mol. The van der Waals surface area contributed by atoms with E-state index < -0.39 is 10.0 Å². The predicted octanol–water partition coefficient (Wildman–Crippen LogP) is 2.45. The van der Waals surface area contributed by atoms with Crippen molar-refractivity contribution in [2.75, 3.05) is 25.0 Å². The third-order valence-electron chi connectivity index (χ3n) is 6.99. The molecule has 1 saturated heterocycles. The van der Waals surface area contributed by atoms with Crippen LogP contribution in [0, 0.1) is 5.92 Å². The minimum absolute atomic E-state index is 0.0210. The number of fused-ring (bicyclic) bond motifs is 2. The van der Waals surface area contributed by atoms with Gasteiger partial charge in [-0.25, -0.2) is 8.42 Å².